The van der Waals surface area contributed by atoms with Crippen LogP contribution in [-0.4, -0.2) is 38.9 Å². The first-order valence-corrected chi connectivity index (χ1v) is 9.49. The van der Waals surface area contributed by atoms with Crippen LogP contribution in [0.5, 0.6) is 0 Å². The molecule has 20 heavy (non-hydrogen) atoms. The molecule has 0 radical (unpaired) electrons. The van der Waals surface area contributed by atoms with E-state index >= 15 is 0 Å². The van der Waals surface area contributed by atoms with E-state index in [2.05, 4.69) is 9.19 Å². The van der Waals surface area contributed by atoms with Crippen LogP contribution in [-0.2, 0) is 12.4 Å². The van der Waals surface area contributed by atoms with Gasteiger partial charge in [0.05, 0.1) is 0 Å². The summed E-state index contributed by atoms with van der Waals surface area (Å²) in [5.41, 5.74) is -1.71. The SMILES string of the molecule is CC(=O)NC1=CC(C)(C)C(O)([As](=O)(O)OO)C(C)(C)C1. The molecule has 0 aromatic carbocycles. The zero-order valence-electron chi connectivity index (χ0n) is 12.3. The van der Waals surface area contributed by atoms with Crippen LogP contribution >= 0.6 is 0 Å². The fourth-order valence-electron chi connectivity index (χ4n) is 3.17. The van der Waals surface area contributed by atoms with E-state index in [1.807, 2.05) is 0 Å². The van der Waals surface area contributed by atoms with Crippen molar-refractivity contribution in [3.63, 3.8) is 0 Å². The van der Waals surface area contributed by atoms with Crippen LogP contribution in [0.4, 0.5) is 0 Å². The summed E-state index contributed by atoms with van der Waals surface area (Å²) in [5.74, 6) is -0.260. The standard InChI is InChI=1S/C12H22AsNO6/c1-8(15)14-9-6-10(2,3)12(16,11(4,5)7-9)13(17,18)20-19/h6,16,19H,7H2,1-5H3,(H,14,15)(H,17,18). The Hall–Kier alpha value is -0.592. The van der Waals surface area contributed by atoms with Gasteiger partial charge < -0.3 is 0 Å². The normalized spacial score (nSPS) is 31.1. The fourth-order valence-corrected chi connectivity index (χ4v) is 6.85. The van der Waals surface area contributed by atoms with E-state index in [0.29, 0.717) is 5.70 Å². The zero-order chi connectivity index (χ0) is 16.0. The molecule has 8 heteroatoms. The number of nitrogens with one attached hydrogen (secondary N) is 1. The second kappa shape index (κ2) is 5.00. The summed E-state index contributed by atoms with van der Waals surface area (Å²) in [6.07, 6.45) is 1.70. The molecule has 1 aliphatic carbocycles. The summed E-state index contributed by atoms with van der Waals surface area (Å²) in [6, 6.07) is 0. The van der Waals surface area contributed by atoms with Gasteiger partial charge in [-0.15, -0.1) is 0 Å². The Kier molecular flexibility index (Phi) is 4.36. The van der Waals surface area contributed by atoms with Gasteiger partial charge in [0.25, 0.3) is 0 Å². The van der Waals surface area contributed by atoms with Crippen molar-refractivity contribution in [3.8, 4) is 0 Å². The molecular formula is C12H22AsNO6. The van der Waals surface area contributed by atoms with Crippen LogP contribution in [0.25, 0.3) is 0 Å². The Morgan fingerprint density at radius 2 is 1.90 bits per heavy atom. The Balaban J connectivity index is 3.45. The van der Waals surface area contributed by atoms with E-state index in [9.17, 15) is 17.7 Å². The molecule has 1 aliphatic rings. The predicted molar refractivity (Wildman–Crippen MR) is 71.4 cm³/mol. The predicted octanol–water partition coefficient (Wildman–Crippen LogP) is 0.584. The van der Waals surface area contributed by atoms with Crippen molar-refractivity contribution >= 4 is 20.1 Å². The molecule has 2 atom stereocenters. The van der Waals surface area contributed by atoms with Crippen molar-refractivity contribution in [1.82, 2.24) is 5.32 Å². The minimum absolute atomic E-state index is 0.168. The topological polar surface area (TPSA) is 116 Å². The number of amides is 1. The maximum atomic E-state index is 12.2. The van der Waals surface area contributed by atoms with Gasteiger partial charge in [0.1, 0.15) is 0 Å². The molecule has 0 bridgehead atoms. The molecular weight excluding hydrogens is 329 g/mol. The van der Waals surface area contributed by atoms with Crippen molar-refractivity contribution < 1.29 is 26.9 Å². The number of carbonyl (C=O) groups is 1. The van der Waals surface area contributed by atoms with Crippen molar-refractivity contribution in [3.05, 3.63) is 11.8 Å². The average Bonchev–Trinajstić information content (AvgIpc) is 2.23. The molecule has 4 N–H and O–H groups in total. The first-order chi connectivity index (χ1) is 8.81. The number of carbonyl (C=O) groups excluding carboxylic acids is 1. The van der Waals surface area contributed by atoms with Gasteiger partial charge in [-0.2, -0.15) is 0 Å². The zero-order valence-corrected chi connectivity index (χ0v) is 14.2. The monoisotopic (exact) mass is 351 g/mol. The molecule has 116 valence electrons. The van der Waals surface area contributed by atoms with Gasteiger partial charge in [0.15, 0.2) is 0 Å². The van der Waals surface area contributed by atoms with Gasteiger partial charge in [0.2, 0.25) is 0 Å². The molecule has 0 fully saturated rings. The van der Waals surface area contributed by atoms with Crippen LogP contribution in [0.3, 0.4) is 0 Å². The molecule has 0 saturated heterocycles. The van der Waals surface area contributed by atoms with Gasteiger partial charge in [0, 0.05) is 0 Å². The number of hydrogen-bond acceptors (Lipinski definition) is 5. The summed E-state index contributed by atoms with van der Waals surface area (Å²) < 4.78 is 23.8. The maximum absolute atomic E-state index is 12.2. The van der Waals surface area contributed by atoms with Crippen molar-refractivity contribution in [1.29, 1.82) is 0 Å². The molecule has 0 aromatic heterocycles. The van der Waals surface area contributed by atoms with E-state index in [-0.39, 0.29) is 12.3 Å². The number of allylic oxidation sites excluding steroid dienone is 1. The van der Waals surface area contributed by atoms with Crippen LogP contribution in [0.1, 0.15) is 41.0 Å². The van der Waals surface area contributed by atoms with Crippen LogP contribution in [0.2, 0.25) is 0 Å². The summed E-state index contributed by atoms with van der Waals surface area (Å²) in [5, 5.41) is 22.3. The number of hydrogen-bond donors (Lipinski definition) is 4. The number of aliphatic hydroxyl groups is 1. The van der Waals surface area contributed by atoms with E-state index in [0.717, 1.165) is 0 Å². The van der Waals surface area contributed by atoms with E-state index in [1.165, 1.54) is 13.0 Å². The average molecular weight is 351 g/mol. The van der Waals surface area contributed by atoms with Crippen molar-refractivity contribution in [2.75, 3.05) is 0 Å². The third kappa shape index (κ3) is 2.49. The molecule has 1 amide bonds. The molecule has 1 rings (SSSR count). The van der Waals surface area contributed by atoms with E-state index < -0.39 is 29.4 Å². The summed E-state index contributed by atoms with van der Waals surface area (Å²) in [7, 11) is 0. The Morgan fingerprint density at radius 1 is 1.40 bits per heavy atom. The van der Waals surface area contributed by atoms with Crippen LogP contribution in [0.15, 0.2) is 11.8 Å². The third-order valence-corrected chi connectivity index (χ3v) is 8.53. The molecule has 0 heterocycles. The molecule has 0 spiro atoms. The van der Waals surface area contributed by atoms with Gasteiger partial charge in [-0.1, -0.05) is 0 Å². The first kappa shape index (κ1) is 17.5. The molecule has 2 unspecified atom stereocenters. The number of rotatable bonds is 3. The third-order valence-electron chi connectivity index (χ3n) is 3.87. The van der Waals surface area contributed by atoms with E-state index in [1.54, 1.807) is 27.7 Å². The van der Waals surface area contributed by atoms with Gasteiger partial charge >= 0.3 is 120 Å². The van der Waals surface area contributed by atoms with Crippen LogP contribution < -0.4 is 5.32 Å². The fraction of sp³-hybridized carbons (Fsp3) is 0.750. The second-order valence-electron chi connectivity index (χ2n) is 6.41. The quantitative estimate of drug-likeness (QED) is 0.336. The van der Waals surface area contributed by atoms with Gasteiger partial charge in [-0.25, -0.2) is 0 Å². The summed E-state index contributed by atoms with van der Waals surface area (Å²) in [6.45, 7) is 7.65. The molecule has 0 aliphatic heterocycles. The summed E-state index contributed by atoms with van der Waals surface area (Å²) >= 11 is -5.42. The van der Waals surface area contributed by atoms with Gasteiger partial charge in [-0.3, -0.25) is 0 Å². The molecule has 0 saturated carbocycles. The second-order valence-corrected chi connectivity index (χ2v) is 10.3. The minimum atomic E-state index is -5.42. The Labute approximate surface area is 120 Å². The first-order valence-electron chi connectivity index (χ1n) is 6.18. The van der Waals surface area contributed by atoms with Crippen molar-refractivity contribution in [2.45, 2.75) is 45.4 Å². The van der Waals surface area contributed by atoms with Gasteiger partial charge in [-0.05, 0) is 0 Å². The van der Waals surface area contributed by atoms with E-state index in [4.69, 9.17) is 5.26 Å². The molecule has 7 nitrogen and oxygen atoms in total. The Bertz CT molecular complexity index is 498. The van der Waals surface area contributed by atoms with Crippen molar-refractivity contribution in [2.24, 2.45) is 10.8 Å². The molecule has 0 aromatic rings. The summed E-state index contributed by atoms with van der Waals surface area (Å²) in [4.78, 5) is 11.2. The Morgan fingerprint density at radius 3 is 2.25 bits per heavy atom. The van der Waals surface area contributed by atoms with Crippen LogP contribution in [0, 0.1) is 10.8 Å².